The van der Waals surface area contributed by atoms with Gasteiger partial charge in [0.15, 0.2) is 0 Å². The van der Waals surface area contributed by atoms with Crippen molar-refractivity contribution in [1.82, 2.24) is 9.80 Å². The highest BCUT2D eigenvalue weighted by molar-refractivity contribution is 6.05. The van der Waals surface area contributed by atoms with E-state index < -0.39 is 6.10 Å². The monoisotopic (exact) mass is 449 g/mol. The highest BCUT2D eigenvalue weighted by Crippen LogP contribution is 2.35. The van der Waals surface area contributed by atoms with Crippen LogP contribution in [-0.2, 0) is 9.59 Å². The molecule has 0 radical (unpaired) electrons. The summed E-state index contributed by atoms with van der Waals surface area (Å²) in [6.45, 7) is 6.49. The summed E-state index contributed by atoms with van der Waals surface area (Å²) in [5, 5.41) is 10.6. The van der Waals surface area contributed by atoms with Crippen LogP contribution in [0.4, 0.5) is 5.69 Å². The molecule has 0 bridgehead atoms. The van der Waals surface area contributed by atoms with Crippen molar-refractivity contribution >= 4 is 29.9 Å². The summed E-state index contributed by atoms with van der Waals surface area (Å²) in [6, 6.07) is 8.07. The van der Waals surface area contributed by atoms with Crippen LogP contribution in [-0.4, -0.2) is 78.7 Å². The number of amides is 2. The van der Waals surface area contributed by atoms with Crippen LogP contribution in [0.2, 0.25) is 0 Å². The van der Waals surface area contributed by atoms with Gasteiger partial charge in [0.25, 0.3) is 0 Å². The van der Waals surface area contributed by atoms with E-state index in [0.717, 1.165) is 37.6 Å². The molecule has 2 fully saturated rings. The van der Waals surface area contributed by atoms with E-state index in [9.17, 15) is 14.7 Å². The zero-order valence-electron chi connectivity index (χ0n) is 18.0. The first-order valence-corrected chi connectivity index (χ1v) is 11.0. The molecule has 3 unspecified atom stereocenters. The second-order valence-electron chi connectivity index (χ2n) is 8.29. The highest BCUT2D eigenvalue weighted by Gasteiger charge is 2.47. The fraction of sp³-hybridized carbons (Fsp3) is 0.565. The summed E-state index contributed by atoms with van der Waals surface area (Å²) >= 11 is 0. The number of β-amino-alcohol motifs (C(OH)–C–C–N with tert-alkyl or cyclic N) is 1. The molecule has 3 atom stereocenters. The van der Waals surface area contributed by atoms with E-state index in [0.29, 0.717) is 26.0 Å². The molecule has 1 N–H and O–H groups in total. The van der Waals surface area contributed by atoms with Gasteiger partial charge < -0.3 is 14.7 Å². The first-order chi connectivity index (χ1) is 14.6. The number of likely N-dealkylation sites (tertiary alicyclic amines) is 1. The Hall–Kier alpha value is -2.09. The van der Waals surface area contributed by atoms with E-state index in [-0.39, 0.29) is 42.6 Å². The first kappa shape index (κ1) is 23.6. The first-order valence-electron chi connectivity index (χ1n) is 11.0. The summed E-state index contributed by atoms with van der Waals surface area (Å²) in [4.78, 5) is 31.0. The number of rotatable bonds is 7. The Morgan fingerprint density at radius 2 is 1.61 bits per heavy atom. The van der Waals surface area contributed by atoms with Gasteiger partial charge in [0, 0.05) is 32.7 Å². The molecule has 8 heteroatoms. The minimum Gasteiger partial charge on any atom is -0.492 e. The normalized spacial score (nSPS) is 24.7. The van der Waals surface area contributed by atoms with Crippen LogP contribution in [0, 0.1) is 11.8 Å². The molecular formula is C23H32ClN3O4. The topological polar surface area (TPSA) is 73.3 Å². The van der Waals surface area contributed by atoms with E-state index >= 15 is 0 Å². The van der Waals surface area contributed by atoms with Crippen molar-refractivity contribution in [2.24, 2.45) is 11.8 Å². The number of nitrogens with zero attached hydrogens (tertiary/aromatic N) is 3. The summed E-state index contributed by atoms with van der Waals surface area (Å²) in [5.41, 5.74) is 1.10. The van der Waals surface area contributed by atoms with Crippen molar-refractivity contribution in [3.63, 3.8) is 0 Å². The molecule has 1 aromatic carbocycles. The van der Waals surface area contributed by atoms with Crippen LogP contribution in [0.25, 0.3) is 0 Å². The molecule has 2 aliphatic heterocycles. The number of benzene rings is 1. The lowest BCUT2D eigenvalue weighted by Gasteiger charge is -2.37. The van der Waals surface area contributed by atoms with Gasteiger partial charge in [0.2, 0.25) is 11.8 Å². The van der Waals surface area contributed by atoms with E-state index in [2.05, 4.69) is 15.9 Å². The van der Waals surface area contributed by atoms with E-state index in [1.807, 2.05) is 37.3 Å². The molecule has 0 aromatic heterocycles. The molecule has 2 amide bonds. The average Bonchev–Trinajstić information content (AvgIpc) is 3.00. The molecule has 1 aliphatic carbocycles. The van der Waals surface area contributed by atoms with Crippen LogP contribution < -0.4 is 9.64 Å². The Morgan fingerprint density at radius 1 is 1.00 bits per heavy atom. The summed E-state index contributed by atoms with van der Waals surface area (Å²) in [7, 11) is 0. The number of fused-ring (bicyclic) bond motifs is 1. The number of aliphatic hydroxyl groups excluding tert-OH is 1. The number of allylic oxidation sites excluding steroid dienone is 2. The maximum atomic E-state index is 12.6. The molecule has 1 aromatic rings. The lowest BCUT2D eigenvalue weighted by atomic mass is 9.85. The Labute approximate surface area is 190 Å². The van der Waals surface area contributed by atoms with Crippen LogP contribution in [0.1, 0.15) is 19.8 Å². The van der Waals surface area contributed by atoms with Gasteiger partial charge in [-0.05, 0) is 31.9 Å². The Kier molecular flexibility index (Phi) is 7.97. The van der Waals surface area contributed by atoms with Gasteiger partial charge in [-0.1, -0.05) is 24.3 Å². The van der Waals surface area contributed by atoms with Gasteiger partial charge >= 0.3 is 0 Å². The second-order valence-corrected chi connectivity index (χ2v) is 8.29. The molecule has 0 spiro atoms. The average molecular weight is 450 g/mol. The predicted octanol–water partition coefficient (Wildman–Crippen LogP) is 1.94. The van der Waals surface area contributed by atoms with Gasteiger partial charge in [-0.3, -0.25) is 19.4 Å². The summed E-state index contributed by atoms with van der Waals surface area (Å²) < 4.78 is 5.75. The molecule has 2 heterocycles. The van der Waals surface area contributed by atoms with Crippen LogP contribution >= 0.6 is 12.4 Å². The number of hydrogen-bond acceptors (Lipinski definition) is 6. The fourth-order valence-corrected chi connectivity index (χ4v) is 4.78. The van der Waals surface area contributed by atoms with Crippen molar-refractivity contribution < 1.29 is 19.4 Å². The minimum atomic E-state index is -0.728. The third-order valence-corrected chi connectivity index (χ3v) is 6.34. The fourth-order valence-electron chi connectivity index (χ4n) is 4.78. The number of para-hydroxylation sites is 2. The largest absolute Gasteiger partial charge is 0.492 e. The van der Waals surface area contributed by atoms with E-state index in [4.69, 9.17) is 4.74 Å². The Morgan fingerprint density at radius 3 is 2.23 bits per heavy atom. The van der Waals surface area contributed by atoms with E-state index in [1.165, 1.54) is 4.90 Å². The molecule has 7 nitrogen and oxygen atoms in total. The number of piperazine rings is 1. The van der Waals surface area contributed by atoms with Gasteiger partial charge in [0.05, 0.1) is 36.8 Å². The van der Waals surface area contributed by atoms with Crippen LogP contribution in [0.3, 0.4) is 0 Å². The molecule has 31 heavy (non-hydrogen) atoms. The van der Waals surface area contributed by atoms with Gasteiger partial charge in [-0.15, -0.1) is 12.4 Å². The SMILES string of the molecule is CCOc1ccccc1N1CCN(CC(O)CN2C(=O)C3CC=CCC3C2=O)CC1.Cl. The molecule has 170 valence electrons. The predicted molar refractivity (Wildman–Crippen MR) is 122 cm³/mol. The van der Waals surface area contributed by atoms with Crippen molar-refractivity contribution in [3.05, 3.63) is 36.4 Å². The number of aliphatic hydroxyl groups is 1. The Bertz CT molecular complexity index is 784. The number of imide groups is 1. The van der Waals surface area contributed by atoms with Gasteiger partial charge in [-0.25, -0.2) is 0 Å². The molecule has 3 aliphatic rings. The maximum absolute atomic E-state index is 12.6. The van der Waals surface area contributed by atoms with Crippen molar-refractivity contribution in [3.8, 4) is 5.75 Å². The summed E-state index contributed by atoms with van der Waals surface area (Å²) in [6.07, 6.45) is 4.50. The van der Waals surface area contributed by atoms with Crippen LogP contribution in [0.15, 0.2) is 36.4 Å². The third-order valence-electron chi connectivity index (χ3n) is 6.34. The molecule has 4 rings (SSSR count). The number of halogens is 1. The highest BCUT2D eigenvalue weighted by atomic mass is 35.5. The van der Waals surface area contributed by atoms with Crippen LogP contribution in [0.5, 0.6) is 5.75 Å². The number of carbonyl (C=O) groups is 2. The number of carbonyl (C=O) groups excluding carboxylic acids is 2. The molecule has 2 saturated heterocycles. The lowest BCUT2D eigenvalue weighted by Crippen LogP contribution is -2.50. The summed E-state index contributed by atoms with van der Waals surface area (Å²) in [5.74, 6) is 0.194. The van der Waals surface area contributed by atoms with Gasteiger partial charge in [-0.2, -0.15) is 0 Å². The third kappa shape index (κ3) is 5.05. The second kappa shape index (κ2) is 10.5. The lowest BCUT2D eigenvalue weighted by molar-refractivity contribution is -0.141. The standard InChI is InChI=1S/C23H31N3O4.ClH/c1-2-30-21-10-6-5-9-20(21)25-13-11-24(12-14-25)15-17(27)16-26-22(28)18-7-3-4-8-19(18)23(26)29;/h3-6,9-10,17-19,27H,2,7-8,11-16H2,1H3;1H. The number of ether oxygens (including phenoxy) is 1. The van der Waals surface area contributed by atoms with Gasteiger partial charge in [0.1, 0.15) is 5.75 Å². The minimum absolute atomic E-state index is 0. The zero-order valence-corrected chi connectivity index (χ0v) is 18.8. The van der Waals surface area contributed by atoms with Crippen molar-refractivity contribution in [2.45, 2.75) is 25.9 Å². The number of hydrogen-bond donors (Lipinski definition) is 1. The van der Waals surface area contributed by atoms with Crippen molar-refractivity contribution in [1.29, 1.82) is 0 Å². The quantitative estimate of drug-likeness (QED) is 0.506. The van der Waals surface area contributed by atoms with E-state index in [1.54, 1.807) is 0 Å². The number of anilines is 1. The molecule has 0 saturated carbocycles. The van der Waals surface area contributed by atoms with Crippen molar-refractivity contribution in [2.75, 3.05) is 50.8 Å². The zero-order chi connectivity index (χ0) is 21.1. The smallest absolute Gasteiger partial charge is 0.233 e. The maximum Gasteiger partial charge on any atom is 0.233 e. The Balaban J connectivity index is 0.00000272. The molecular weight excluding hydrogens is 418 g/mol.